The molecule has 0 aliphatic carbocycles. The molecule has 0 saturated carbocycles. The average molecular weight is 325 g/mol. The Morgan fingerprint density at radius 2 is 1.95 bits per heavy atom. The predicted molar refractivity (Wildman–Crippen MR) is 86.8 cm³/mol. The molecular formula is C13H26Cl2N4O. The van der Waals surface area contributed by atoms with Gasteiger partial charge in [-0.2, -0.15) is 5.10 Å². The van der Waals surface area contributed by atoms with Crippen LogP contribution in [0.1, 0.15) is 30.3 Å². The van der Waals surface area contributed by atoms with E-state index in [0.717, 1.165) is 17.8 Å². The molecule has 0 saturated heterocycles. The van der Waals surface area contributed by atoms with E-state index < -0.39 is 0 Å². The number of hydrogen-bond acceptors (Lipinski definition) is 3. The Kier molecular flexibility index (Phi) is 9.91. The molecular weight excluding hydrogens is 299 g/mol. The zero-order chi connectivity index (χ0) is 13.9. The van der Waals surface area contributed by atoms with E-state index in [2.05, 4.69) is 5.10 Å². The number of halogens is 2. The highest BCUT2D eigenvalue weighted by molar-refractivity contribution is 5.85. The number of hydrogen-bond donors (Lipinski definition) is 1. The van der Waals surface area contributed by atoms with Gasteiger partial charge in [0.1, 0.15) is 0 Å². The fourth-order valence-electron chi connectivity index (χ4n) is 1.99. The summed E-state index contributed by atoms with van der Waals surface area (Å²) >= 11 is 0. The Hall–Kier alpha value is -0.780. The van der Waals surface area contributed by atoms with Crippen LogP contribution in [0.3, 0.4) is 0 Å². The summed E-state index contributed by atoms with van der Waals surface area (Å²) < 4.78 is 1.86. The standard InChI is InChI=1S/C13H24N4O.2ClH/c1-9(8-14)16(4)13(18)7-6-12-10(2)15-17(5)11(12)3;;/h9H,6-8,14H2,1-5H3;2*1H. The highest BCUT2D eigenvalue weighted by Gasteiger charge is 2.16. The lowest BCUT2D eigenvalue weighted by atomic mass is 10.1. The maximum absolute atomic E-state index is 12.0. The van der Waals surface area contributed by atoms with E-state index in [1.54, 1.807) is 4.90 Å². The largest absolute Gasteiger partial charge is 0.342 e. The summed E-state index contributed by atoms with van der Waals surface area (Å²) in [6, 6.07) is 0.0913. The zero-order valence-electron chi connectivity index (χ0n) is 12.8. The molecule has 0 aromatic carbocycles. The molecule has 0 bridgehead atoms. The second-order valence-electron chi connectivity index (χ2n) is 4.86. The van der Waals surface area contributed by atoms with Gasteiger partial charge >= 0.3 is 0 Å². The van der Waals surface area contributed by atoms with Crippen LogP contribution in [-0.2, 0) is 18.3 Å². The summed E-state index contributed by atoms with van der Waals surface area (Å²) in [5.74, 6) is 0.135. The van der Waals surface area contributed by atoms with Crippen molar-refractivity contribution in [2.45, 2.75) is 39.7 Å². The first-order valence-electron chi connectivity index (χ1n) is 6.33. The third-order valence-corrected chi connectivity index (χ3v) is 3.64. The van der Waals surface area contributed by atoms with Gasteiger partial charge in [0.2, 0.25) is 5.91 Å². The van der Waals surface area contributed by atoms with Crippen LogP contribution < -0.4 is 5.73 Å². The number of carbonyl (C=O) groups excluding carboxylic acids is 1. The number of aryl methyl sites for hydroxylation is 2. The lowest BCUT2D eigenvalue weighted by Crippen LogP contribution is -2.39. The average Bonchev–Trinajstić information content (AvgIpc) is 2.59. The van der Waals surface area contributed by atoms with Gasteiger partial charge in [-0.25, -0.2) is 0 Å². The van der Waals surface area contributed by atoms with Crippen LogP contribution in [0.4, 0.5) is 0 Å². The molecule has 1 aromatic rings. The van der Waals surface area contributed by atoms with Gasteiger partial charge in [-0.15, -0.1) is 24.8 Å². The lowest BCUT2D eigenvalue weighted by Gasteiger charge is -2.23. The summed E-state index contributed by atoms with van der Waals surface area (Å²) in [6.45, 7) is 6.47. The van der Waals surface area contributed by atoms with Crippen molar-refractivity contribution in [2.75, 3.05) is 13.6 Å². The van der Waals surface area contributed by atoms with Gasteiger partial charge in [-0.3, -0.25) is 9.48 Å². The Morgan fingerprint density at radius 3 is 2.35 bits per heavy atom. The summed E-state index contributed by atoms with van der Waals surface area (Å²) in [5, 5.41) is 4.36. The van der Waals surface area contributed by atoms with Crippen molar-refractivity contribution in [1.82, 2.24) is 14.7 Å². The number of rotatable bonds is 5. The van der Waals surface area contributed by atoms with Crippen LogP contribution in [0.5, 0.6) is 0 Å². The molecule has 1 rings (SSSR count). The van der Waals surface area contributed by atoms with E-state index in [1.165, 1.54) is 5.56 Å². The second-order valence-corrected chi connectivity index (χ2v) is 4.86. The Bertz CT molecular complexity index is 434. The summed E-state index contributed by atoms with van der Waals surface area (Å²) in [6.07, 6.45) is 1.25. The molecule has 1 amide bonds. The number of aromatic nitrogens is 2. The van der Waals surface area contributed by atoms with Gasteiger partial charge in [0, 0.05) is 38.8 Å². The van der Waals surface area contributed by atoms with Crippen molar-refractivity contribution >= 4 is 30.7 Å². The summed E-state index contributed by atoms with van der Waals surface area (Å²) in [5.41, 5.74) is 8.89. The van der Waals surface area contributed by atoms with Gasteiger partial charge in [-0.05, 0) is 32.8 Å². The first-order valence-corrected chi connectivity index (χ1v) is 6.33. The molecule has 1 atom stereocenters. The molecule has 7 heteroatoms. The zero-order valence-corrected chi connectivity index (χ0v) is 14.5. The number of nitrogens with zero attached hydrogens (tertiary/aromatic N) is 3. The molecule has 0 aliphatic rings. The third-order valence-electron chi connectivity index (χ3n) is 3.64. The van der Waals surface area contributed by atoms with E-state index in [0.29, 0.717) is 13.0 Å². The quantitative estimate of drug-likeness (QED) is 0.895. The first kappa shape index (κ1) is 21.5. The smallest absolute Gasteiger partial charge is 0.222 e. The van der Waals surface area contributed by atoms with Crippen LogP contribution in [0.15, 0.2) is 0 Å². The van der Waals surface area contributed by atoms with Gasteiger partial charge in [-0.1, -0.05) is 0 Å². The maximum atomic E-state index is 12.0. The molecule has 1 heterocycles. The van der Waals surface area contributed by atoms with E-state index in [-0.39, 0.29) is 36.8 Å². The molecule has 0 fully saturated rings. The van der Waals surface area contributed by atoms with Gasteiger partial charge in [0.15, 0.2) is 0 Å². The molecule has 5 nitrogen and oxygen atoms in total. The van der Waals surface area contributed by atoms with Crippen molar-refractivity contribution in [1.29, 1.82) is 0 Å². The third kappa shape index (κ3) is 4.96. The number of nitrogens with two attached hydrogens (primary N) is 1. The molecule has 0 radical (unpaired) electrons. The van der Waals surface area contributed by atoms with E-state index >= 15 is 0 Å². The summed E-state index contributed by atoms with van der Waals surface area (Å²) in [4.78, 5) is 13.7. The predicted octanol–water partition coefficient (Wildman–Crippen LogP) is 1.62. The SMILES string of the molecule is Cc1nn(C)c(C)c1CCC(=O)N(C)C(C)CN.Cl.Cl. The van der Waals surface area contributed by atoms with Crippen molar-refractivity contribution in [2.24, 2.45) is 12.8 Å². The molecule has 1 aromatic heterocycles. The maximum Gasteiger partial charge on any atom is 0.222 e. The van der Waals surface area contributed by atoms with Crippen LogP contribution in [0.25, 0.3) is 0 Å². The van der Waals surface area contributed by atoms with Crippen LogP contribution in [0.2, 0.25) is 0 Å². The molecule has 20 heavy (non-hydrogen) atoms. The monoisotopic (exact) mass is 324 g/mol. The molecule has 118 valence electrons. The minimum Gasteiger partial charge on any atom is -0.342 e. The Labute approximate surface area is 133 Å². The Balaban J connectivity index is 0. The van der Waals surface area contributed by atoms with Gasteiger partial charge < -0.3 is 10.6 Å². The summed E-state index contributed by atoms with van der Waals surface area (Å²) in [7, 11) is 3.74. The van der Waals surface area contributed by atoms with E-state index in [1.807, 2.05) is 39.5 Å². The fourth-order valence-corrected chi connectivity index (χ4v) is 1.99. The van der Waals surface area contributed by atoms with Gasteiger partial charge in [0.25, 0.3) is 0 Å². The van der Waals surface area contributed by atoms with Crippen molar-refractivity contribution in [3.05, 3.63) is 17.0 Å². The normalized spacial score (nSPS) is 11.3. The number of likely N-dealkylation sites (N-methyl/N-ethyl adjacent to an activating group) is 1. The van der Waals surface area contributed by atoms with Crippen LogP contribution >= 0.6 is 24.8 Å². The lowest BCUT2D eigenvalue weighted by molar-refractivity contribution is -0.131. The number of carbonyl (C=O) groups is 1. The molecule has 0 aliphatic heterocycles. The topological polar surface area (TPSA) is 64.2 Å². The fraction of sp³-hybridized carbons (Fsp3) is 0.692. The number of amides is 1. The van der Waals surface area contributed by atoms with Crippen molar-refractivity contribution in [3.63, 3.8) is 0 Å². The van der Waals surface area contributed by atoms with E-state index in [4.69, 9.17) is 5.73 Å². The minimum absolute atomic E-state index is 0. The first-order chi connectivity index (χ1) is 8.38. The highest BCUT2D eigenvalue weighted by atomic mass is 35.5. The van der Waals surface area contributed by atoms with E-state index in [9.17, 15) is 4.79 Å². The second kappa shape index (κ2) is 9.21. The van der Waals surface area contributed by atoms with Crippen molar-refractivity contribution in [3.8, 4) is 0 Å². The highest BCUT2D eigenvalue weighted by Crippen LogP contribution is 2.14. The van der Waals surface area contributed by atoms with Gasteiger partial charge in [0.05, 0.1) is 5.69 Å². The Morgan fingerprint density at radius 1 is 1.40 bits per heavy atom. The van der Waals surface area contributed by atoms with Crippen LogP contribution in [-0.4, -0.2) is 40.2 Å². The van der Waals surface area contributed by atoms with Crippen molar-refractivity contribution < 1.29 is 4.79 Å². The van der Waals surface area contributed by atoms with Crippen LogP contribution in [0, 0.1) is 13.8 Å². The molecule has 0 spiro atoms. The molecule has 2 N–H and O–H groups in total. The molecule has 1 unspecified atom stereocenters. The minimum atomic E-state index is 0.